The fraction of sp³-hybridized carbons (Fsp3) is 0.667. The van der Waals surface area contributed by atoms with Crippen molar-refractivity contribution in [3.63, 3.8) is 0 Å². The summed E-state index contributed by atoms with van der Waals surface area (Å²) in [7, 11) is 0. The van der Waals surface area contributed by atoms with Crippen molar-refractivity contribution in [1.29, 1.82) is 0 Å². The lowest BCUT2D eigenvalue weighted by molar-refractivity contribution is 0.0606. The molecular formula is C15H24BrN3O. The summed E-state index contributed by atoms with van der Waals surface area (Å²) in [5, 5.41) is 0. The molecule has 1 aromatic rings. The van der Waals surface area contributed by atoms with Crippen LogP contribution in [0.15, 0.2) is 16.7 Å². The summed E-state index contributed by atoms with van der Waals surface area (Å²) in [6.07, 6.45) is 3.02. The van der Waals surface area contributed by atoms with Gasteiger partial charge in [-0.1, -0.05) is 6.92 Å². The van der Waals surface area contributed by atoms with Gasteiger partial charge in [-0.05, 0) is 60.6 Å². The predicted octanol–water partition coefficient (Wildman–Crippen LogP) is 2.89. The fourth-order valence-electron chi connectivity index (χ4n) is 2.85. The molecule has 0 aromatic carbocycles. The highest BCUT2D eigenvalue weighted by molar-refractivity contribution is 9.10. The highest BCUT2D eigenvalue weighted by Gasteiger charge is 2.30. The molecule has 5 heteroatoms. The Balaban J connectivity index is 2.19. The lowest BCUT2D eigenvalue weighted by Crippen LogP contribution is -2.46. The van der Waals surface area contributed by atoms with E-state index in [9.17, 15) is 4.79 Å². The largest absolute Gasteiger partial charge is 0.340 e. The van der Waals surface area contributed by atoms with Gasteiger partial charge in [-0.3, -0.25) is 4.79 Å². The summed E-state index contributed by atoms with van der Waals surface area (Å²) < 4.78 is 2.98. The summed E-state index contributed by atoms with van der Waals surface area (Å²) in [4.78, 5) is 14.7. The fourth-order valence-corrected chi connectivity index (χ4v) is 3.28. The molecule has 1 fully saturated rings. The van der Waals surface area contributed by atoms with Gasteiger partial charge in [0.2, 0.25) is 0 Å². The lowest BCUT2D eigenvalue weighted by Gasteiger charge is -2.36. The second-order valence-electron chi connectivity index (χ2n) is 6.06. The van der Waals surface area contributed by atoms with E-state index in [0.717, 1.165) is 29.7 Å². The van der Waals surface area contributed by atoms with Crippen LogP contribution < -0.4 is 5.73 Å². The van der Waals surface area contributed by atoms with Gasteiger partial charge in [0.1, 0.15) is 5.69 Å². The second-order valence-corrected chi connectivity index (χ2v) is 6.97. The SMILES string of the molecule is CC1CCN(C(=O)c2cc(Br)cn2C(C)C)CC1CN. The van der Waals surface area contributed by atoms with Crippen molar-refractivity contribution < 1.29 is 4.79 Å². The molecule has 2 N–H and O–H groups in total. The molecule has 1 amide bonds. The number of carbonyl (C=O) groups is 1. The summed E-state index contributed by atoms with van der Waals surface area (Å²) >= 11 is 3.47. The average molecular weight is 342 g/mol. The Morgan fingerprint density at radius 3 is 2.85 bits per heavy atom. The van der Waals surface area contributed by atoms with Crippen LogP contribution in [0.4, 0.5) is 0 Å². The van der Waals surface area contributed by atoms with Gasteiger partial charge in [0.05, 0.1) is 0 Å². The van der Waals surface area contributed by atoms with Gasteiger partial charge in [0.25, 0.3) is 5.91 Å². The number of hydrogen-bond donors (Lipinski definition) is 1. The number of carbonyl (C=O) groups excluding carboxylic acids is 1. The van der Waals surface area contributed by atoms with Gasteiger partial charge >= 0.3 is 0 Å². The lowest BCUT2D eigenvalue weighted by atomic mass is 9.87. The van der Waals surface area contributed by atoms with Crippen LogP contribution in [0.2, 0.25) is 0 Å². The number of halogens is 1. The molecule has 0 radical (unpaired) electrons. The molecule has 2 unspecified atom stereocenters. The third-order valence-corrected chi connectivity index (χ3v) is 4.73. The number of aromatic nitrogens is 1. The van der Waals surface area contributed by atoms with Crippen molar-refractivity contribution in [2.75, 3.05) is 19.6 Å². The topological polar surface area (TPSA) is 51.3 Å². The molecule has 1 aromatic heterocycles. The Morgan fingerprint density at radius 2 is 2.25 bits per heavy atom. The minimum absolute atomic E-state index is 0.120. The molecule has 2 atom stereocenters. The number of amides is 1. The highest BCUT2D eigenvalue weighted by Crippen LogP contribution is 2.26. The van der Waals surface area contributed by atoms with Gasteiger partial charge in [-0.25, -0.2) is 0 Å². The van der Waals surface area contributed by atoms with E-state index in [2.05, 4.69) is 36.7 Å². The van der Waals surface area contributed by atoms with Crippen LogP contribution in [0.25, 0.3) is 0 Å². The smallest absolute Gasteiger partial charge is 0.270 e. The molecule has 0 saturated carbocycles. The Morgan fingerprint density at radius 1 is 1.55 bits per heavy atom. The quantitative estimate of drug-likeness (QED) is 0.918. The van der Waals surface area contributed by atoms with Crippen LogP contribution in [0.3, 0.4) is 0 Å². The first kappa shape index (κ1) is 15.6. The van der Waals surface area contributed by atoms with Crippen LogP contribution in [0, 0.1) is 11.8 Å². The van der Waals surface area contributed by atoms with Crippen molar-refractivity contribution >= 4 is 21.8 Å². The maximum atomic E-state index is 12.7. The van der Waals surface area contributed by atoms with Crippen molar-refractivity contribution in [2.45, 2.75) is 33.2 Å². The normalized spacial score (nSPS) is 23.4. The molecular weight excluding hydrogens is 318 g/mol. The van der Waals surface area contributed by atoms with Gasteiger partial charge in [0.15, 0.2) is 0 Å². The zero-order valence-corrected chi connectivity index (χ0v) is 14.1. The molecule has 2 rings (SSSR count). The molecule has 1 aliphatic heterocycles. The first-order valence-electron chi connectivity index (χ1n) is 7.30. The standard InChI is InChI=1S/C15H24BrN3O/c1-10(2)19-9-13(16)6-14(19)15(20)18-5-4-11(3)12(7-17)8-18/h6,9-12H,4-5,7-8,17H2,1-3H3. The zero-order chi connectivity index (χ0) is 14.9. The van der Waals surface area contributed by atoms with E-state index in [1.54, 1.807) is 0 Å². The summed E-state index contributed by atoms with van der Waals surface area (Å²) in [5.41, 5.74) is 6.59. The Hall–Kier alpha value is -0.810. The van der Waals surface area contributed by atoms with Gasteiger partial charge in [-0.15, -0.1) is 0 Å². The van der Waals surface area contributed by atoms with Crippen LogP contribution in [0.1, 0.15) is 43.7 Å². The first-order chi connectivity index (χ1) is 9.43. The number of rotatable bonds is 3. The maximum absolute atomic E-state index is 12.7. The Labute approximate surface area is 129 Å². The summed E-state index contributed by atoms with van der Waals surface area (Å²) in [5.74, 6) is 1.14. The average Bonchev–Trinajstić information content (AvgIpc) is 2.81. The number of piperidine rings is 1. The molecule has 0 bridgehead atoms. The number of nitrogens with two attached hydrogens (primary N) is 1. The van der Waals surface area contributed by atoms with Crippen molar-refractivity contribution in [2.24, 2.45) is 17.6 Å². The van der Waals surface area contributed by atoms with Gasteiger partial charge < -0.3 is 15.2 Å². The molecule has 0 aliphatic carbocycles. The number of hydrogen-bond acceptors (Lipinski definition) is 2. The molecule has 0 spiro atoms. The second kappa shape index (κ2) is 6.31. The van der Waals surface area contributed by atoms with Crippen LogP contribution in [-0.4, -0.2) is 35.0 Å². The van der Waals surface area contributed by atoms with Crippen LogP contribution in [-0.2, 0) is 0 Å². The molecule has 1 saturated heterocycles. The van der Waals surface area contributed by atoms with Crippen LogP contribution in [0.5, 0.6) is 0 Å². The third-order valence-electron chi connectivity index (χ3n) is 4.29. The Kier molecular flexibility index (Phi) is 4.91. The van der Waals surface area contributed by atoms with E-state index in [4.69, 9.17) is 5.73 Å². The van der Waals surface area contributed by atoms with Crippen molar-refractivity contribution in [3.05, 3.63) is 22.4 Å². The molecule has 20 heavy (non-hydrogen) atoms. The van der Waals surface area contributed by atoms with Crippen LogP contribution >= 0.6 is 15.9 Å². The van der Waals surface area contributed by atoms with E-state index in [-0.39, 0.29) is 11.9 Å². The summed E-state index contributed by atoms with van der Waals surface area (Å²) in [6, 6.07) is 2.19. The molecule has 112 valence electrons. The maximum Gasteiger partial charge on any atom is 0.270 e. The number of nitrogens with zero attached hydrogens (tertiary/aromatic N) is 2. The van der Waals surface area contributed by atoms with E-state index in [0.29, 0.717) is 18.4 Å². The van der Waals surface area contributed by atoms with E-state index >= 15 is 0 Å². The molecule has 1 aliphatic rings. The van der Waals surface area contributed by atoms with Gasteiger partial charge in [-0.2, -0.15) is 0 Å². The van der Waals surface area contributed by atoms with E-state index < -0.39 is 0 Å². The predicted molar refractivity (Wildman–Crippen MR) is 84.7 cm³/mol. The minimum Gasteiger partial charge on any atom is -0.340 e. The molecule has 4 nitrogen and oxygen atoms in total. The summed E-state index contributed by atoms with van der Waals surface area (Å²) in [6.45, 7) is 8.66. The zero-order valence-electron chi connectivity index (χ0n) is 12.5. The van der Waals surface area contributed by atoms with Crippen molar-refractivity contribution in [1.82, 2.24) is 9.47 Å². The third kappa shape index (κ3) is 3.09. The van der Waals surface area contributed by atoms with Gasteiger partial charge in [0, 0.05) is 29.8 Å². The first-order valence-corrected chi connectivity index (χ1v) is 8.10. The minimum atomic E-state index is 0.120. The number of likely N-dealkylation sites (tertiary alicyclic amines) is 1. The van der Waals surface area contributed by atoms with E-state index in [1.807, 2.05) is 21.7 Å². The highest BCUT2D eigenvalue weighted by atomic mass is 79.9. The monoisotopic (exact) mass is 341 g/mol. The molecule has 2 heterocycles. The van der Waals surface area contributed by atoms with E-state index in [1.165, 1.54) is 0 Å². The van der Waals surface area contributed by atoms with Crippen molar-refractivity contribution in [3.8, 4) is 0 Å². The Bertz CT molecular complexity index is 483.